The zero-order valence-electron chi connectivity index (χ0n) is 12.9. The molecule has 0 amide bonds. The van der Waals surface area contributed by atoms with E-state index in [1.165, 1.54) is 5.56 Å². The lowest BCUT2D eigenvalue weighted by Crippen LogP contribution is -1.99. The lowest BCUT2D eigenvalue weighted by atomic mass is 10.1. The Balaban J connectivity index is 1.82. The maximum atomic E-state index is 5.17. The highest BCUT2D eigenvalue weighted by Gasteiger charge is 2.08. The van der Waals surface area contributed by atoms with Gasteiger partial charge in [-0.25, -0.2) is 9.97 Å². The smallest absolute Gasteiger partial charge is 0.125 e. The minimum atomic E-state index is 0.715. The van der Waals surface area contributed by atoms with Crippen LogP contribution in [0.25, 0.3) is 11.3 Å². The minimum absolute atomic E-state index is 0.715. The number of nitrogens with zero attached hydrogens (tertiary/aromatic N) is 4. The fourth-order valence-corrected chi connectivity index (χ4v) is 2.31. The van der Waals surface area contributed by atoms with Crippen LogP contribution in [-0.2, 0) is 6.54 Å². The number of aromatic nitrogens is 4. The van der Waals surface area contributed by atoms with Crippen LogP contribution in [0.5, 0.6) is 5.75 Å². The molecule has 0 bridgehead atoms. The molecule has 5 nitrogen and oxygen atoms in total. The first-order valence-electron chi connectivity index (χ1n) is 7.11. The van der Waals surface area contributed by atoms with Crippen molar-refractivity contribution in [2.75, 3.05) is 7.11 Å². The van der Waals surface area contributed by atoms with E-state index in [0.717, 1.165) is 28.4 Å². The maximum Gasteiger partial charge on any atom is 0.125 e. The van der Waals surface area contributed by atoms with E-state index in [0.29, 0.717) is 6.54 Å². The second-order valence-electron chi connectivity index (χ2n) is 5.22. The molecular formula is C17H18N4O. The normalized spacial score (nSPS) is 10.7. The van der Waals surface area contributed by atoms with Gasteiger partial charge in [0, 0.05) is 18.0 Å². The van der Waals surface area contributed by atoms with E-state index < -0.39 is 0 Å². The molecule has 0 N–H and O–H groups in total. The van der Waals surface area contributed by atoms with Gasteiger partial charge in [0.2, 0.25) is 0 Å². The summed E-state index contributed by atoms with van der Waals surface area (Å²) in [7, 11) is 1.67. The van der Waals surface area contributed by atoms with Gasteiger partial charge in [-0.05, 0) is 37.1 Å². The molecule has 2 aromatic heterocycles. The van der Waals surface area contributed by atoms with Crippen LogP contribution in [0.2, 0.25) is 0 Å². The zero-order chi connectivity index (χ0) is 15.5. The number of methoxy groups -OCH3 is 1. The van der Waals surface area contributed by atoms with Crippen LogP contribution in [0, 0.1) is 13.8 Å². The average Bonchev–Trinajstić information content (AvgIpc) is 2.99. The number of hydrogen-bond acceptors (Lipinski definition) is 4. The van der Waals surface area contributed by atoms with Crippen LogP contribution in [0.3, 0.4) is 0 Å². The van der Waals surface area contributed by atoms with Gasteiger partial charge in [0.25, 0.3) is 0 Å². The zero-order valence-corrected chi connectivity index (χ0v) is 12.9. The predicted octanol–water partition coefficient (Wildman–Crippen LogP) is 3.01. The van der Waals surface area contributed by atoms with Gasteiger partial charge in [-0.15, -0.1) is 0 Å². The summed E-state index contributed by atoms with van der Waals surface area (Å²) >= 11 is 0. The Morgan fingerprint density at radius 1 is 1.09 bits per heavy atom. The average molecular weight is 294 g/mol. The third-order valence-corrected chi connectivity index (χ3v) is 3.50. The van der Waals surface area contributed by atoms with Crippen LogP contribution in [0.4, 0.5) is 0 Å². The first-order chi connectivity index (χ1) is 10.7. The van der Waals surface area contributed by atoms with Gasteiger partial charge in [-0.1, -0.05) is 12.1 Å². The Bertz CT molecular complexity index is 778. The highest BCUT2D eigenvalue weighted by atomic mass is 16.5. The van der Waals surface area contributed by atoms with Gasteiger partial charge < -0.3 is 4.74 Å². The maximum absolute atomic E-state index is 5.17. The standard InChI is InChI=1S/C17H18N4O/c1-12-8-18-13(2)20-17(12)15-9-19-21(11-15)10-14-4-6-16(22-3)7-5-14/h4-9,11H,10H2,1-3H3. The first kappa shape index (κ1) is 14.3. The summed E-state index contributed by atoms with van der Waals surface area (Å²) in [6.07, 6.45) is 5.70. The van der Waals surface area contributed by atoms with E-state index >= 15 is 0 Å². The lowest BCUT2D eigenvalue weighted by molar-refractivity contribution is 0.414. The third kappa shape index (κ3) is 2.98. The number of benzene rings is 1. The molecule has 0 aliphatic carbocycles. The van der Waals surface area contributed by atoms with Crippen molar-refractivity contribution in [3.05, 3.63) is 59.8 Å². The molecule has 0 aliphatic heterocycles. The molecule has 3 aromatic rings. The topological polar surface area (TPSA) is 52.8 Å². The van der Waals surface area contributed by atoms with E-state index in [1.54, 1.807) is 7.11 Å². The van der Waals surface area contributed by atoms with Crippen molar-refractivity contribution in [1.29, 1.82) is 0 Å². The molecule has 0 aliphatic rings. The summed E-state index contributed by atoms with van der Waals surface area (Å²) < 4.78 is 7.08. The van der Waals surface area contributed by atoms with Gasteiger partial charge in [0.1, 0.15) is 11.6 Å². The Hall–Kier alpha value is -2.69. The molecule has 5 heteroatoms. The molecule has 3 rings (SSSR count). The van der Waals surface area contributed by atoms with Crippen molar-refractivity contribution >= 4 is 0 Å². The largest absolute Gasteiger partial charge is 0.497 e. The Morgan fingerprint density at radius 2 is 1.86 bits per heavy atom. The molecular weight excluding hydrogens is 276 g/mol. The van der Waals surface area contributed by atoms with Crippen molar-refractivity contribution in [1.82, 2.24) is 19.7 Å². The minimum Gasteiger partial charge on any atom is -0.497 e. The predicted molar refractivity (Wildman–Crippen MR) is 84.8 cm³/mol. The lowest BCUT2D eigenvalue weighted by Gasteiger charge is -2.04. The van der Waals surface area contributed by atoms with Gasteiger partial charge in [-0.2, -0.15) is 5.10 Å². The summed E-state index contributed by atoms with van der Waals surface area (Å²) in [5, 5.41) is 4.43. The van der Waals surface area contributed by atoms with E-state index in [4.69, 9.17) is 4.74 Å². The van der Waals surface area contributed by atoms with Crippen LogP contribution < -0.4 is 4.74 Å². The molecule has 0 spiro atoms. The van der Waals surface area contributed by atoms with Crippen molar-refractivity contribution < 1.29 is 4.74 Å². The molecule has 22 heavy (non-hydrogen) atoms. The van der Waals surface area contributed by atoms with Crippen molar-refractivity contribution in [2.45, 2.75) is 20.4 Å². The highest BCUT2D eigenvalue weighted by molar-refractivity contribution is 5.60. The summed E-state index contributed by atoms with van der Waals surface area (Å²) in [5.41, 5.74) is 4.17. The molecule has 0 atom stereocenters. The van der Waals surface area contributed by atoms with Gasteiger partial charge in [0.05, 0.1) is 25.5 Å². The van der Waals surface area contributed by atoms with E-state index in [9.17, 15) is 0 Å². The van der Waals surface area contributed by atoms with E-state index in [-0.39, 0.29) is 0 Å². The van der Waals surface area contributed by atoms with Crippen LogP contribution in [0.1, 0.15) is 17.0 Å². The van der Waals surface area contributed by atoms with Crippen molar-refractivity contribution in [2.24, 2.45) is 0 Å². The summed E-state index contributed by atoms with van der Waals surface area (Å²) in [4.78, 5) is 8.71. The second kappa shape index (κ2) is 5.97. The van der Waals surface area contributed by atoms with Crippen molar-refractivity contribution in [3.63, 3.8) is 0 Å². The number of rotatable bonds is 4. The molecule has 0 saturated carbocycles. The fraction of sp³-hybridized carbons (Fsp3) is 0.235. The summed E-state index contributed by atoms with van der Waals surface area (Å²) in [5.74, 6) is 1.63. The van der Waals surface area contributed by atoms with Crippen LogP contribution >= 0.6 is 0 Å². The van der Waals surface area contributed by atoms with Crippen molar-refractivity contribution in [3.8, 4) is 17.0 Å². The SMILES string of the molecule is COc1ccc(Cn2cc(-c3nc(C)ncc3C)cn2)cc1. The van der Waals surface area contributed by atoms with Crippen LogP contribution in [-0.4, -0.2) is 26.9 Å². The molecule has 2 heterocycles. The quantitative estimate of drug-likeness (QED) is 0.742. The van der Waals surface area contributed by atoms with E-state index in [2.05, 4.69) is 15.1 Å². The summed E-state index contributed by atoms with van der Waals surface area (Å²) in [6, 6.07) is 8.00. The van der Waals surface area contributed by atoms with E-state index in [1.807, 2.05) is 61.4 Å². The molecule has 1 aromatic carbocycles. The Kier molecular flexibility index (Phi) is 3.87. The Morgan fingerprint density at radius 3 is 2.59 bits per heavy atom. The number of hydrogen-bond donors (Lipinski definition) is 0. The van der Waals surface area contributed by atoms with Crippen LogP contribution in [0.15, 0.2) is 42.9 Å². The molecule has 0 fully saturated rings. The molecule has 112 valence electrons. The second-order valence-corrected chi connectivity index (χ2v) is 5.22. The highest BCUT2D eigenvalue weighted by Crippen LogP contribution is 2.20. The van der Waals surface area contributed by atoms with Gasteiger partial charge >= 0.3 is 0 Å². The molecule has 0 radical (unpaired) electrons. The Labute approximate surface area is 129 Å². The number of ether oxygens (including phenoxy) is 1. The van der Waals surface area contributed by atoms with Gasteiger partial charge in [0.15, 0.2) is 0 Å². The first-order valence-corrected chi connectivity index (χ1v) is 7.11. The molecule has 0 saturated heterocycles. The summed E-state index contributed by atoms with van der Waals surface area (Å²) in [6.45, 7) is 4.62. The van der Waals surface area contributed by atoms with Gasteiger partial charge in [-0.3, -0.25) is 4.68 Å². The number of aryl methyl sites for hydroxylation is 2. The third-order valence-electron chi connectivity index (χ3n) is 3.50. The fourth-order valence-electron chi connectivity index (χ4n) is 2.31. The molecule has 0 unspecified atom stereocenters. The monoisotopic (exact) mass is 294 g/mol.